The molecule has 1 aromatic rings. The summed E-state index contributed by atoms with van der Waals surface area (Å²) in [6, 6.07) is 1.94. The van der Waals surface area contributed by atoms with E-state index in [0.29, 0.717) is 0 Å². The lowest BCUT2D eigenvalue weighted by Gasteiger charge is -2.20. The van der Waals surface area contributed by atoms with Crippen LogP contribution in [0.1, 0.15) is 40.9 Å². The number of aryl methyl sites for hydroxylation is 1. The van der Waals surface area contributed by atoms with Crippen molar-refractivity contribution < 1.29 is 4.79 Å². The smallest absolute Gasteiger partial charge is 0.183 e. The predicted molar refractivity (Wildman–Crippen MR) is 58.8 cm³/mol. The number of ketones is 1. The molecule has 0 aliphatic heterocycles. The fourth-order valence-corrected chi connectivity index (χ4v) is 2.77. The third-order valence-corrected chi connectivity index (χ3v) is 3.80. The second-order valence-electron chi connectivity index (χ2n) is 4.14. The molecule has 3 heteroatoms. The fraction of sp³-hybridized carbons (Fsp3) is 0.545. The lowest BCUT2D eigenvalue weighted by atomic mass is 9.90. The molecule has 0 spiro atoms. The molecule has 0 radical (unpaired) electrons. The molecule has 0 bridgehead atoms. The number of Topliss-reactive ketones (excluding diaryl/α,β-unsaturated/α-hetero) is 1. The summed E-state index contributed by atoms with van der Waals surface area (Å²) < 4.78 is 0. The fourth-order valence-electron chi connectivity index (χ4n) is 2.08. The zero-order chi connectivity index (χ0) is 10.2. The van der Waals surface area contributed by atoms with Gasteiger partial charge in [-0.15, -0.1) is 11.3 Å². The first-order chi connectivity index (χ1) is 6.62. The third kappa shape index (κ3) is 1.62. The molecule has 14 heavy (non-hydrogen) atoms. The van der Waals surface area contributed by atoms with Crippen LogP contribution in [0.15, 0.2) is 11.4 Å². The molecule has 0 saturated heterocycles. The third-order valence-electron chi connectivity index (χ3n) is 2.94. The van der Waals surface area contributed by atoms with Crippen LogP contribution in [-0.2, 0) is 0 Å². The molecule has 2 rings (SSSR count). The summed E-state index contributed by atoms with van der Waals surface area (Å²) in [6.07, 6.45) is 3.87. The molecular formula is C11H15NOS. The number of carbonyl (C=O) groups is 1. The molecule has 1 saturated carbocycles. The SMILES string of the molecule is Cc1cc(C(=O)C2(N)CCCC2)cs1. The first-order valence-corrected chi connectivity index (χ1v) is 5.89. The number of carbonyl (C=O) groups excluding carboxylic acids is 1. The largest absolute Gasteiger partial charge is 0.319 e. The lowest BCUT2D eigenvalue weighted by Crippen LogP contribution is -2.45. The van der Waals surface area contributed by atoms with Gasteiger partial charge in [0.2, 0.25) is 0 Å². The Hall–Kier alpha value is -0.670. The minimum Gasteiger partial charge on any atom is -0.319 e. The number of hydrogen-bond donors (Lipinski definition) is 1. The number of hydrogen-bond acceptors (Lipinski definition) is 3. The van der Waals surface area contributed by atoms with Crippen LogP contribution in [0, 0.1) is 6.92 Å². The predicted octanol–water partition coefficient (Wildman–Crippen LogP) is 2.51. The van der Waals surface area contributed by atoms with Gasteiger partial charge in [0.15, 0.2) is 5.78 Å². The van der Waals surface area contributed by atoms with Gasteiger partial charge in [-0.25, -0.2) is 0 Å². The van der Waals surface area contributed by atoms with Crippen LogP contribution in [0.5, 0.6) is 0 Å². The van der Waals surface area contributed by atoms with E-state index in [-0.39, 0.29) is 5.78 Å². The molecule has 1 aliphatic rings. The van der Waals surface area contributed by atoms with Crippen LogP contribution in [0.25, 0.3) is 0 Å². The van der Waals surface area contributed by atoms with E-state index in [9.17, 15) is 4.79 Å². The van der Waals surface area contributed by atoms with Crippen LogP contribution in [-0.4, -0.2) is 11.3 Å². The summed E-state index contributed by atoms with van der Waals surface area (Å²) in [5.74, 6) is 0.138. The first-order valence-electron chi connectivity index (χ1n) is 5.01. The van der Waals surface area contributed by atoms with E-state index in [1.54, 1.807) is 11.3 Å². The summed E-state index contributed by atoms with van der Waals surface area (Å²) >= 11 is 1.61. The average molecular weight is 209 g/mol. The molecule has 0 unspecified atom stereocenters. The Kier molecular flexibility index (Phi) is 2.45. The maximum Gasteiger partial charge on any atom is 0.183 e. The van der Waals surface area contributed by atoms with E-state index in [2.05, 4.69) is 0 Å². The monoisotopic (exact) mass is 209 g/mol. The first kappa shape index (κ1) is 9.87. The lowest BCUT2D eigenvalue weighted by molar-refractivity contribution is 0.0892. The molecule has 1 fully saturated rings. The van der Waals surface area contributed by atoms with Gasteiger partial charge in [0.1, 0.15) is 0 Å². The van der Waals surface area contributed by atoms with Gasteiger partial charge in [-0.3, -0.25) is 4.79 Å². The molecule has 1 aromatic heterocycles. The summed E-state index contributed by atoms with van der Waals surface area (Å²) in [6.45, 7) is 2.01. The Morgan fingerprint density at radius 2 is 2.14 bits per heavy atom. The molecule has 0 amide bonds. The van der Waals surface area contributed by atoms with E-state index in [4.69, 9.17) is 5.73 Å². The number of rotatable bonds is 2. The van der Waals surface area contributed by atoms with Gasteiger partial charge < -0.3 is 5.73 Å². The zero-order valence-electron chi connectivity index (χ0n) is 8.38. The van der Waals surface area contributed by atoms with Crippen molar-refractivity contribution in [3.8, 4) is 0 Å². The highest BCUT2D eigenvalue weighted by Crippen LogP contribution is 2.31. The van der Waals surface area contributed by atoms with Gasteiger partial charge in [0, 0.05) is 15.8 Å². The Morgan fingerprint density at radius 1 is 1.50 bits per heavy atom. The summed E-state index contributed by atoms with van der Waals surface area (Å²) in [4.78, 5) is 13.2. The van der Waals surface area contributed by atoms with Gasteiger partial charge in [-0.2, -0.15) is 0 Å². The molecule has 0 atom stereocenters. The summed E-state index contributed by atoms with van der Waals surface area (Å²) in [5.41, 5.74) is 6.34. The highest BCUT2D eigenvalue weighted by molar-refractivity contribution is 7.10. The normalized spacial score (nSPS) is 19.9. The van der Waals surface area contributed by atoms with Crippen LogP contribution in [0.2, 0.25) is 0 Å². The van der Waals surface area contributed by atoms with Crippen LogP contribution >= 0.6 is 11.3 Å². The van der Waals surface area contributed by atoms with Crippen LogP contribution in [0.4, 0.5) is 0 Å². The average Bonchev–Trinajstić information content (AvgIpc) is 2.74. The molecule has 1 aliphatic carbocycles. The van der Waals surface area contributed by atoms with E-state index >= 15 is 0 Å². The van der Waals surface area contributed by atoms with E-state index < -0.39 is 5.54 Å². The highest BCUT2D eigenvalue weighted by atomic mass is 32.1. The van der Waals surface area contributed by atoms with Crippen molar-refractivity contribution in [1.82, 2.24) is 0 Å². The van der Waals surface area contributed by atoms with E-state index in [1.807, 2.05) is 18.4 Å². The van der Waals surface area contributed by atoms with Crippen molar-refractivity contribution in [2.45, 2.75) is 38.1 Å². The number of thiophene rings is 1. The molecular weight excluding hydrogens is 194 g/mol. The van der Waals surface area contributed by atoms with Crippen molar-refractivity contribution in [3.05, 3.63) is 21.9 Å². The van der Waals surface area contributed by atoms with Crippen molar-refractivity contribution in [2.75, 3.05) is 0 Å². The Bertz CT molecular complexity index is 350. The zero-order valence-corrected chi connectivity index (χ0v) is 9.19. The quantitative estimate of drug-likeness (QED) is 0.760. The second kappa shape index (κ2) is 3.48. The maximum absolute atomic E-state index is 12.1. The van der Waals surface area contributed by atoms with Gasteiger partial charge in [-0.05, 0) is 25.8 Å². The molecule has 0 aromatic carbocycles. The van der Waals surface area contributed by atoms with Crippen molar-refractivity contribution in [2.24, 2.45) is 5.73 Å². The topological polar surface area (TPSA) is 43.1 Å². The Balaban J connectivity index is 2.23. The minimum absolute atomic E-state index is 0.138. The van der Waals surface area contributed by atoms with Crippen molar-refractivity contribution in [3.63, 3.8) is 0 Å². The standard InChI is InChI=1S/C11H15NOS/c1-8-6-9(7-14-8)10(13)11(12)4-2-3-5-11/h6-7H,2-5,12H2,1H3. The van der Waals surface area contributed by atoms with Crippen LogP contribution < -0.4 is 5.73 Å². The van der Waals surface area contributed by atoms with E-state index in [0.717, 1.165) is 31.2 Å². The van der Waals surface area contributed by atoms with Gasteiger partial charge in [0.25, 0.3) is 0 Å². The molecule has 2 N–H and O–H groups in total. The number of nitrogens with two attached hydrogens (primary N) is 1. The highest BCUT2D eigenvalue weighted by Gasteiger charge is 2.37. The van der Waals surface area contributed by atoms with Gasteiger partial charge in [-0.1, -0.05) is 12.8 Å². The molecule has 2 nitrogen and oxygen atoms in total. The Labute approximate surface area is 88.1 Å². The second-order valence-corrected chi connectivity index (χ2v) is 5.25. The van der Waals surface area contributed by atoms with E-state index in [1.165, 1.54) is 4.88 Å². The van der Waals surface area contributed by atoms with Crippen LogP contribution in [0.3, 0.4) is 0 Å². The maximum atomic E-state index is 12.1. The summed E-state index contributed by atoms with van der Waals surface area (Å²) in [7, 11) is 0. The Morgan fingerprint density at radius 3 is 2.64 bits per heavy atom. The molecule has 1 heterocycles. The van der Waals surface area contributed by atoms with Gasteiger partial charge >= 0.3 is 0 Å². The van der Waals surface area contributed by atoms with Gasteiger partial charge in [0.05, 0.1) is 5.54 Å². The van der Waals surface area contributed by atoms with Crippen molar-refractivity contribution in [1.29, 1.82) is 0 Å². The summed E-state index contributed by atoms with van der Waals surface area (Å²) in [5, 5.41) is 1.92. The minimum atomic E-state index is -0.562. The van der Waals surface area contributed by atoms with Crippen molar-refractivity contribution >= 4 is 17.1 Å². The molecule has 76 valence electrons.